The SMILES string of the molecule is CC(C)(C)OC(C#N)=NSN([Si](C)(C)C)[Si](C)(C)C. The van der Waals surface area contributed by atoms with Gasteiger partial charge in [-0.05, 0) is 20.8 Å². The Kier molecular flexibility index (Phi) is 6.34. The number of rotatable bonds is 4. The molecule has 0 atom stereocenters. The van der Waals surface area contributed by atoms with Crippen LogP contribution >= 0.6 is 12.1 Å². The first kappa shape index (κ1) is 18.7. The fraction of sp³-hybridized carbons (Fsp3) is 0.833. The second-order valence-corrected chi connectivity index (χ2v) is 18.8. The fourth-order valence-electron chi connectivity index (χ4n) is 1.68. The van der Waals surface area contributed by atoms with Gasteiger partial charge in [0.15, 0.2) is 6.07 Å². The standard InChI is InChI=1S/C12H27N3OSSi2/c1-12(2,3)16-11(10-13)14-17-15(18(4,5)6)19(7,8)9/h1-9H3. The van der Waals surface area contributed by atoms with Crippen molar-refractivity contribution < 1.29 is 4.74 Å². The molecule has 0 unspecified atom stereocenters. The van der Waals surface area contributed by atoms with Crippen LogP contribution in [0.3, 0.4) is 0 Å². The predicted octanol–water partition coefficient (Wildman–Crippen LogP) is 4.26. The van der Waals surface area contributed by atoms with E-state index in [0.29, 0.717) is 0 Å². The van der Waals surface area contributed by atoms with E-state index in [9.17, 15) is 0 Å². The lowest BCUT2D eigenvalue weighted by Gasteiger charge is -2.40. The lowest BCUT2D eigenvalue weighted by molar-refractivity contribution is 0.120. The molecule has 0 saturated heterocycles. The van der Waals surface area contributed by atoms with Crippen molar-refractivity contribution in [1.29, 1.82) is 5.26 Å². The summed E-state index contributed by atoms with van der Waals surface area (Å²) in [6.07, 6.45) is 0. The Balaban J connectivity index is 5.03. The van der Waals surface area contributed by atoms with Crippen molar-refractivity contribution in [3.63, 3.8) is 0 Å². The molecule has 0 aliphatic rings. The molecule has 0 aliphatic carbocycles. The van der Waals surface area contributed by atoms with E-state index in [1.165, 1.54) is 12.1 Å². The lowest BCUT2D eigenvalue weighted by atomic mass is 10.2. The van der Waals surface area contributed by atoms with E-state index in [4.69, 9.17) is 10.00 Å². The second-order valence-electron chi connectivity index (χ2n) is 7.44. The van der Waals surface area contributed by atoms with Gasteiger partial charge in [-0.25, -0.2) is 0 Å². The molecule has 0 saturated carbocycles. The maximum Gasteiger partial charge on any atom is 0.303 e. The maximum atomic E-state index is 9.09. The monoisotopic (exact) mass is 317 g/mol. The lowest BCUT2D eigenvalue weighted by Crippen LogP contribution is -2.54. The molecule has 0 aliphatic heterocycles. The van der Waals surface area contributed by atoms with Crippen LogP contribution in [0.25, 0.3) is 0 Å². The van der Waals surface area contributed by atoms with Crippen molar-refractivity contribution >= 4 is 34.5 Å². The Labute approximate surface area is 124 Å². The molecule has 0 bridgehead atoms. The zero-order chi connectivity index (χ0) is 15.5. The third-order valence-electron chi connectivity index (χ3n) is 1.92. The summed E-state index contributed by atoms with van der Waals surface area (Å²) in [5.74, 6) is 0.152. The van der Waals surface area contributed by atoms with E-state index < -0.39 is 22.1 Å². The van der Waals surface area contributed by atoms with Gasteiger partial charge in [-0.1, -0.05) is 39.3 Å². The van der Waals surface area contributed by atoms with E-state index >= 15 is 0 Å². The molecule has 0 heterocycles. The summed E-state index contributed by atoms with van der Waals surface area (Å²) < 4.78 is 12.3. The molecule has 0 rings (SSSR count). The highest BCUT2D eigenvalue weighted by molar-refractivity contribution is 7.98. The molecule has 110 valence electrons. The molecule has 0 aromatic rings. The molecule has 19 heavy (non-hydrogen) atoms. The highest BCUT2D eigenvalue weighted by atomic mass is 32.2. The van der Waals surface area contributed by atoms with Crippen molar-refractivity contribution in [3.05, 3.63) is 0 Å². The van der Waals surface area contributed by atoms with Crippen molar-refractivity contribution in [2.45, 2.75) is 65.7 Å². The van der Waals surface area contributed by atoms with Gasteiger partial charge in [-0.2, -0.15) is 9.66 Å². The van der Waals surface area contributed by atoms with Gasteiger partial charge >= 0.3 is 5.90 Å². The summed E-state index contributed by atoms with van der Waals surface area (Å²) in [6.45, 7) is 19.5. The summed E-state index contributed by atoms with van der Waals surface area (Å²) in [5.41, 5.74) is -0.391. The molecular formula is C12H27N3OSSi2. The Bertz CT molecular complexity index is 358. The van der Waals surface area contributed by atoms with Crippen LogP contribution in [0.15, 0.2) is 4.40 Å². The van der Waals surface area contributed by atoms with Gasteiger partial charge in [-0.3, -0.25) is 3.64 Å². The van der Waals surface area contributed by atoms with E-state index in [2.05, 4.69) is 47.3 Å². The highest BCUT2D eigenvalue weighted by Crippen LogP contribution is 2.29. The first-order chi connectivity index (χ1) is 8.27. The number of nitrogens with zero attached hydrogens (tertiary/aromatic N) is 3. The molecular weight excluding hydrogens is 290 g/mol. The fourth-order valence-corrected chi connectivity index (χ4v) is 12.2. The summed E-state index contributed by atoms with van der Waals surface area (Å²) in [4.78, 5) is 0. The minimum Gasteiger partial charge on any atom is -0.464 e. The normalized spacial score (nSPS) is 14.5. The molecule has 0 spiro atoms. The Morgan fingerprint density at radius 2 is 1.53 bits per heavy atom. The van der Waals surface area contributed by atoms with Crippen LogP contribution in [0.2, 0.25) is 39.3 Å². The van der Waals surface area contributed by atoms with E-state index in [1.807, 2.05) is 26.8 Å². The van der Waals surface area contributed by atoms with Gasteiger partial charge in [-0.15, -0.1) is 0 Å². The van der Waals surface area contributed by atoms with Gasteiger partial charge in [0.25, 0.3) is 0 Å². The van der Waals surface area contributed by atoms with Crippen LogP contribution in [-0.4, -0.2) is 31.6 Å². The van der Waals surface area contributed by atoms with Crippen molar-refractivity contribution in [2.75, 3.05) is 0 Å². The van der Waals surface area contributed by atoms with E-state index in [-0.39, 0.29) is 5.90 Å². The molecule has 0 fully saturated rings. The Morgan fingerprint density at radius 1 is 1.11 bits per heavy atom. The average molecular weight is 318 g/mol. The smallest absolute Gasteiger partial charge is 0.303 e. The average Bonchev–Trinajstić information content (AvgIpc) is 2.09. The van der Waals surface area contributed by atoms with Gasteiger partial charge in [0.05, 0.1) is 12.1 Å². The minimum absolute atomic E-state index is 0.152. The van der Waals surface area contributed by atoms with Crippen LogP contribution in [-0.2, 0) is 4.74 Å². The summed E-state index contributed by atoms with van der Waals surface area (Å²) in [5, 5.41) is 9.09. The molecule has 0 aromatic heterocycles. The maximum absolute atomic E-state index is 9.09. The number of nitriles is 1. The molecule has 0 aromatic carbocycles. The molecule has 7 heteroatoms. The second kappa shape index (κ2) is 6.44. The van der Waals surface area contributed by atoms with E-state index in [0.717, 1.165) is 0 Å². The molecule has 4 nitrogen and oxygen atoms in total. The number of ether oxygens (including phenoxy) is 1. The first-order valence-corrected chi connectivity index (χ1v) is 14.0. The van der Waals surface area contributed by atoms with Gasteiger partial charge in [0, 0.05) is 0 Å². The third-order valence-corrected chi connectivity index (χ3v) is 12.6. The zero-order valence-electron chi connectivity index (χ0n) is 13.7. The summed E-state index contributed by atoms with van der Waals surface area (Å²) in [7, 11) is -2.95. The summed E-state index contributed by atoms with van der Waals surface area (Å²) >= 11 is 1.41. The Morgan fingerprint density at radius 3 is 1.79 bits per heavy atom. The predicted molar refractivity (Wildman–Crippen MR) is 90.0 cm³/mol. The largest absolute Gasteiger partial charge is 0.464 e. The van der Waals surface area contributed by atoms with Crippen molar-refractivity contribution in [2.24, 2.45) is 4.40 Å². The molecule has 0 radical (unpaired) electrons. The van der Waals surface area contributed by atoms with Gasteiger partial charge < -0.3 is 4.74 Å². The Hall–Kier alpha value is -0.296. The first-order valence-electron chi connectivity index (χ1n) is 6.42. The minimum atomic E-state index is -1.47. The van der Waals surface area contributed by atoms with Crippen LogP contribution in [0.5, 0.6) is 0 Å². The number of hydrogen-bond acceptors (Lipinski definition) is 5. The topological polar surface area (TPSA) is 48.6 Å². The number of hydrogen-bond donors (Lipinski definition) is 0. The quantitative estimate of drug-likeness (QED) is 0.336. The zero-order valence-corrected chi connectivity index (χ0v) is 16.5. The molecule has 0 amide bonds. The van der Waals surface area contributed by atoms with Crippen LogP contribution in [0.1, 0.15) is 20.8 Å². The van der Waals surface area contributed by atoms with E-state index in [1.54, 1.807) is 0 Å². The van der Waals surface area contributed by atoms with Gasteiger partial charge in [0.2, 0.25) is 0 Å². The highest BCUT2D eigenvalue weighted by Gasteiger charge is 2.35. The van der Waals surface area contributed by atoms with Gasteiger partial charge in [0.1, 0.15) is 22.1 Å². The van der Waals surface area contributed by atoms with Crippen molar-refractivity contribution in [3.8, 4) is 6.07 Å². The third kappa shape index (κ3) is 7.77. The van der Waals surface area contributed by atoms with Crippen LogP contribution in [0, 0.1) is 11.3 Å². The van der Waals surface area contributed by atoms with Crippen LogP contribution in [0.4, 0.5) is 0 Å². The summed E-state index contributed by atoms with van der Waals surface area (Å²) in [6, 6.07) is 2.03. The van der Waals surface area contributed by atoms with Crippen LogP contribution < -0.4 is 0 Å². The van der Waals surface area contributed by atoms with Crippen molar-refractivity contribution in [1.82, 2.24) is 3.64 Å². The molecule has 0 N–H and O–H groups in total.